The number of esters is 1. The van der Waals surface area contributed by atoms with Gasteiger partial charge in [-0.1, -0.05) is 29.8 Å². The fourth-order valence-corrected chi connectivity index (χ4v) is 2.99. The summed E-state index contributed by atoms with van der Waals surface area (Å²) in [5.74, 6) is 0.518. The normalized spacial score (nSPS) is 10.1. The molecule has 0 radical (unpaired) electrons. The van der Waals surface area contributed by atoms with Gasteiger partial charge in [-0.25, -0.2) is 4.79 Å². The van der Waals surface area contributed by atoms with Gasteiger partial charge in [0.05, 0.1) is 17.9 Å². The average molecular weight is 429 g/mol. The minimum Gasteiger partial charge on any atom is -0.462 e. The summed E-state index contributed by atoms with van der Waals surface area (Å²) in [5, 5.41) is 0. The van der Waals surface area contributed by atoms with Crippen molar-refractivity contribution in [1.82, 2.24) is 4.57 Å². The Morgan fingerprint density at radius 1 is 0.938 bits per heavy atom. The van der Waals surface area contributed by atoms with Gasteiger partial charge in [-0.3, -0.25) is 9.59 Å². The number of rotatable bonds is 6. The molecule has 0 aliphatic carbocycles. The summed E-state index contributed by atoms with van der Waals surface area (Å²) in [6.45, 7) is 4.15. The van der Waals surface area contributed by atoms with Gasteiger partial charge in [-0.15, -0.1) is 0 Å². The third kappa shape index (κ3) is 5.49. The predicted octanol–water partition coefficient (Wildman–Crippen LogP) is 5.53. The first-order valence-electron chi connectivity index (χ1n) is 10.1. The number of aromatic nitrogens is 1. The minimum absolute atomic E-state index is 0.277. The van der Waals surface area contributed by atoms with Crippen molar-refractivity contribution >= 4 is 18.5 Å². The van der Waals surface area contributed by atoms with E-state index in [1.165, 1.54) is 5.56 Å². The van der Waals surface area contributed by atoms with Crippen LogP contribution in [0.1, 0.15) is 43.9 Å². The number of hydrogen-bond acceptors (Lipinski definition) is 5. The molecule has 0 atom stereocenters. The Morgan fingerprint density at radius 2 is 1.66 bits per heavy atom. The van der Waals surface area contributed by atoms with Gasteiger partial charge in [0.25, 0.3) is 0 Å². The second-order valence-corrected chi connectivity index (χ2v) is 6.87. The van der Waals surface area contributed by atoms with E-state index in [1.54, 1.807) is 49.4 Å². The number of hydrogen-bond donors (Lipinski definition) is 0. The van der Waals surface area contributed by atoms with Gasteiger partial charge in [-0.2, -0.15) is 0 Å². The Kier molecular flexibility index (Phi) is 7.54. The van der Waals surface area contributed by atoms with Crippen molar-refractivity contribution in [3.8, 4) is 17.0 Å². The smallest absolute Gasteiger partial charge is 0.338 e. The van der Waals surface area contributed by atoms with Crippen LogP contribution in [-0.2, 0) is 4.74 Å². The molecule has 0 amide bonds. The molecule has 0 aliphatic heterocycles. The van der Waals surface area contributed by atoms with E-state index in [-0.39, 0.29) is 11.7 Å². The zero-order valence-corrected chi connectivity index (χ0v) is 17.9. The maximum atomic E-state index is 11.5. The largest absolute Gasteiger partial charge is 0.462 e. The quantitative estimate of drug-likeness (QED) is 0.297. The average Bonchev–Trinajstić information content (AvgIpc) is 3.50. The summed E-state index contributed by atoms with van der Waals surface area (Å²) in [5.41, 5.74) is 4.20. The molecule has 4 rings (SSSR count). The van der Waals surface area contributed by atoms with Gasteiger partial charge in [-0.05, 0) is 62.4 Å². The highest BCUT2D eigenvalue weighted by Gasteiger charge is 2.08. The topological polar surface area (TPSA) is 78.5 Å². The van der Waals surface area contributed by atoms with Gasteiger partial charge in [0.2, 0.25) is 0 Å². The van der Waals surface area contributed by atoms with Crippen LogP contribution in [0.15, 0.2) is 83.4 Å². The van der Waals surface area contributed by atoms with Crippen LogP contribution >= 0.6 is 0 Å². The first-order chi connectivity index (χ1) is 15.5. The van der Waals surface area contributed by atoms with Gasteiger partial charge in [0.1, 0.15) is 5.76 Å². The van der Waals surface area contributed by atoms with Gasteiger partial charge in [0.15, 0.2) is 18.3 Å². The highest BCUT2D eigenvalue weighted by Crippen LogP contribution is 2.22. The van der Waals surface area contributed by atoms with Crippen LogP contribution in [0.25, 0.3) is 17.0 Å². The van der Waals surface area contributed by atoms with Crippen LogP contribution in [0.5, 0.6) is 0 Å². The summed E-state index contributed by atoms with van der Waals surface area (Å²) < 4.78 is 12.0. The van der Waals surface area contributed by atoms with Gasteiger partial charge in [0, 0.05) is 17.4 Å². The Morgan fingerprint density at radius 3 is 2.25 bits per heavy atom. The van der Waals surface area contributed by atoms with Crippen LogP contribution in [-0.4, -0.2) is 29.7 Å². The monoisotopic (exact) mass is 429 g/mol. The SMILES string of the molecule is CCOC(=O)c1ccc(-c2ccc(C=O)o2)cc1.Cc1ccc(-n2cccc2C=O)cc1. The van der Waals surface area contributed by atoms with Crippen molar-refractivity contribution < 1.29 is 23.5 Å². The third-order valence-corrected chi connectivity index (χ3v) is 4.64. The Hall–Kier alpha value is -4.19. The number of aldehydes is 2. The first-order valence-corrected chi connectivity index (χ1v) is 10.1. The lowest BCUT2D eigenvalue weighted by molar-refractivity contribution is 0.0526. The number of carbonyl (C=O) groups is 3. The molecule has 0 bridgehead atoms. The Balaban J connectivity index is 0.000000186. The van der Waals surface area contributed by atoms with Crippen LogP contribution in [0.3, 0.4) is 0 Å². The van der Waals surface area contributed by atoms with E-state index in [9.17, 15) is 14.4 Å². The molecule has 0 N–H and O–H groups in total. The molecule has 4 aromatic rings. The van der Waals surface area contributed by atoms with E-state index < -0.39 is 0 Å². The lowest BCUT2D eigenvalue weighted by Crippen LogP contribution is -2.03. The first kappa shape index (κ1) is 22.5. The minimum atomic E-state index is -0.350. The highest BCUT2D eigenvalue weighted by atomic mass is 16.5. The van der Waals surface area contributed by atoms with E-state index in [4.69, 9.17) is 9.15 Å². The molecule has 0 unspecified atom stereocenters. The zero-order chi connectivity index (χ0) is 22.9. The number of nitrogens with zero attached hydrogens (tertiary/aromatic N) is 1. The summed E-state index contributed by atoms with van der Waals surface area (Å²) in [6, 6.07) is 21.9. The van der Waals surface area contributed by atoms with Crippen LogP contribution in [0.2, 0.25) is 0 Å². The number of benzene rings is 2. The van der Waals surface area contributed by atoms with Crippen molar-refractivity contribution in [3.63, 3.8) is 0 Å². The molecule has 0 spiro atoms. The van der Waals surface area contributed by atoms with Crippen LogP contribution in [0.4, 0.5) is 0 Å². The van der Waals surface area contributed by atoms with Crippen molar-refractivity contribution in [3.05, 3.63) is 102 Å². The maximum absolute atomic E-state index is 11.5. The van der Waals surface area contributed by atoms with E-state index in [0.717, 1.165) is 17.5 Å². The standard InChI is InChI=1S/C14H12O4.C12H11NO/c1-2-17-14(16)11-5-3-10(4-6-11)13-8-7-12(9-15)18-13;1-10-4-6-11(7-5-10)13-8-2-3-12(13)9-14/h3-9H,2H2,1H3;2-9H,1H3. The molecule has 0 saturated carbocycles. The molecule has 6 heteroatoms. The van der Waals surface area contributed by atoms with E-state index >= 15 is 0 Å². The molecule has 2 aromatic heterocycles. The molecule has 0 aliphatic rings. The number of aryl methyl sites for hydroxylation is 1. The van der Waals surface area contributed by atoms with E-state index in [1.807, 2.05) is 48.0 Å². The van der Waals surface area contributed by atoms with Crippen molar-refractivity contribution in [2.24, 2.45) is 0 Å². The van der Waals surface area contributed by atoms with Crippen molar-refractivity contribution in [2.45, 2.75) is 13.8 Å². The molecule has 6 nitrogen and oxygen atoms in total. The fourth-order valence-electron chi connectivity index (χ4n) is 2.99. The Labute approximate surface area is 186 Å². The Bertz CT molecular complexity index is 1180. The summed E-state index contributed by atoms with van der Waals surface area (Å²) in [7, 11) is 0. The summed E-state index contributed by atoms with van der Waals surface area (Å²) in [4.78, 5) is 32.7. The molecule has 32 heavy (non-hydrogen) atoms. The molecular formula is C26H23NO5. The second kappa shape index (κ2) is 10.7. The number of carbonyl (C=O) groups excluding carboxylic acids is 3. The summed E-state index contributed by atoms with van der Waals surface area (Å²) >= 11 is 0. The molecular weight excluding hydrogens is 406 g/mol. The number of furan rings is 1. The molecule has 162 valence electrons. The van der Waals surface area contributed by atoms with Gasteiger partial charge >= 0.3 is 5.97 Å². The lowest BCUT2D eigenvalue weighted by Gasteiger charge is -2.04. The molecule has 2 aromatic carbocycles. The molecule has 0 saturated heterocycles. The zero-order valence-electron chi connectivity index (χ0n) is 17.9. The summed E-state index contributed by atoms with van der Waals surface area (Å²) in [6.07, 6.45) is 3.39. The van der Waals surface area contributed by atoms with Gasteiger partial charge < -0.3 is 13.7 Å². The fraction of sp³-hybridized carbons (Fsp3) is 0.115. The van der Waals surface area contributed by atoms with Crippen molar-refractivity contribution in [2.75, 3.05) is 6.61 Å². The third-order valence-electron chi connectivity index (χ3n) is 4.64. The van der Waals surface area contributed by atoms with E-state index in [0.29, 0.717) is 29.9 Å². The highest BCUT2D eigenvalue weighted by molar-refractivity contribution is 5.90. The van der Waals surface area contributed by atoms with Crippen molar-refractivity contribution in [1.29, 1.82) is 0 Å². The molecule has 0 fully saturated rings. The molecule has 2 heterocycles. The second-order valence-electron chi connectivity index (χ2n) is 6.87. The van der Waals surface area contributed by atoms with Crippen LogP contribution in [0, 0.1) is 6.92 Å². The lowest BCUT2D eigenvalue weighted by atomic mass is 10.1. The maximum Gasteiger partial charge on any atom is 0.338 e. The number of ether oxygens (including phenoxy) is 1. The van der Waals surface area contributed by atoms with E-state index in [2.05, 4.69) is 0 Å². The predicted molar refractivity (Wildman–Crippen MR) is 121 cm³/mol. The van der Waals surface area contributed by atoms with Crippen LogP contribution < -0.4 is 0 Å².